The minimum atomic E-state index is -1.00. The van der Waals surface area contributed by atoms with Crippen LogP contribution in [-0.4, -0.2) is 35.1 Å². The van der Waals surface area contributed by atoms with Crippen LogP contribution in [0.1, 0.15) is 17.3 Å². The van der Waals surface area contributed by atoms with E-state index in [0.29, 0.717) is 16.9 Å². The topological polar surface area (TPSA) is 84.5 Å². The van der Waals surface area contributed by atoms with Gasteiger partial charge in [0.2, 0.25) is 0 Å². The first-order valence-corrected chi connectivity index (χ1v) is 12.9. The summed E-state index contributed by atoms with van der Waals surface area (Å²) in [7, 11) is 1.62. The van der Waals surface area contributed by atoms with Gasteiger partial charge in [0.15, 0.2) is 6.10 Å². The zero-order valence-electron chi connectivity index (χ0n) is 20.7. The van der Waals surface area contributed by atoms with Crippen molar-refractivity contribution in [1.29, 1.82) is 0 Å². The van der Waals surface area contributed by atoms with Gasteiger partial charge in [-0.3, -0.25) is 9.69 Å². The number of nitrogens with one attached hydrogen (secondary N) is 1. The second-order valence-corrected chi connectivity index (χ2v) is 9.89. The normalized spacial score (nSPS) is 12.9. The molecule has 38 heavy (non-hydrogen) atoms. The van der Waals surface area contributed by atoms with Gasteiger partial charge in [0.25, 0.3) is 5.91 Å². The van der Waals surface area contributed by atoms with Gasteiger partial charge in [0.05, 0.1) is 35.1 Å². The summed E-state index contributed by atoms with van der Waals surface area (Å²) in [6, 6.07) is 28.1. The van der Waals surface area contributed by atoms with Crippen LogP contribution in [0.25, 0.3) is 22.4 Å². The lowest BCUT2D eigenvalue weighted by Crippen LogP contribution is -2.38. The lowest BCUT2D eigenvalue weighted by atomic mass is 10.2. The molecule has 2 heterocycles. The number of ether oxygens (including phenoxy) is 2. The summed E-state index contributed by atoms with van der Waals surface area (Å²) in [4.78, 5) is 38.2. The van der Waals surface area contributed by atoms with Crippen molar-refractivity contribution >= 4 is 46.0 Å². The Hall–Kier alpha value is -4.56. The van der Waals surface area contributed by atoms with Crippen LogP contribution in [0.15, 0.2) is 101 Å². The minimum absolute atomic E-state index is 0.317. The maximum atomic E-state index is 13.6. The summed E-state index contributed by atoms with van der Waals surface area (Å²) >= 11 is 1.61. The fourth-order valence-electron chi connectivity index (χ4n) is 4.43. The summed E-state index contributed by atoms with van der Waals surface area (Å²) in [5, 5.41) is 0. The second kappa shape index (κ2) is 9.72. The number of methoxy groups -OCH3 is 1. The molecule has 0 saturated heterocycles. The number of H-pyrrole nitrogens is 1. The van der Waals surface area contributed by atoms with Crippen molar-refractivity contribution in [3.8, 4) is 17.1 Å². The quantitative estimate of drug-likeness (QED) is 0.262. The van der Waals surface area contributed by atoms with Crippen LogP contribution in [0.4, 0.5) is 11.4 Å². The van der Waals surface area contributed by atoms with Crippen LogP contribution >= 0.6 is 11.8 Å². The molecule has 0 fully saturated rings. The van der Waals surface area contributed by atoms with Crippen molar-refractivity contribution in [2.75, 3.05) is 12.0 Å². The molecular formula is C30H23N3O4S. The number of nitrogens with zero attached hydrogens (tertiary/aromatic N) is 2. The van der Waals surface area contributed by atoms with Gasteiger partial charge in [-0.15, -0.1) is 0 Å². The summed E-state index contributed by atoms with van der Waals surface area (Å²) in [6.07, 6.45) is -1.00. The summed E-state index contributed by atoms with van der Waals surface area (Å²) in [5.74, 6) is 0.537. The molecule has 1 atom stereocenters. The second-order valence-electron chi connectivity index (χ2n) is 8.80. The maximum absolute atomic E-state index is 13.6. The van der Waals surface area contributed by atoms with E-state index in [-0.39, 0.29) is 5.91 Å². The largest absolute Gasteiger partial charge is 0.497 e. The van der Waals surface area contributed by atoms with Gasteiger partial charge in [-0.1, -0.05) is 36.0 Å². The Morgan fingerprint density at radius 1 is 0.895 bits per heavy atom. The molecule has 0 bridgehead atoms. The van der Waals surface area contributed by atoms with Crippen molar-refractivity contribution in [1.82, 2.24) is 9.97 Å². The highest BCUT2D eigenvalue weighted by molar-refractivity contribution is 7.99. The molecule has 1 aromatic heterocycles. The van der Waals surface area contributed by atoms with Crippen LogP contribution in [0.3, 0.4) is 0 Å². The molecule has 5 aromatic rings. The third-order valence-corrected chi connectivity index (χ3v) is 7.50. The fourth-order valence-corrected chi connectivity index (χ4v) is 5.48. The van der Waals surface area contributed by atoms with Crippen LogP contribution < -0.4 is 9.64 Å². The van der Waals surface area contributed by atoms with Gasteiger partial charge >= 0.3 is 5.97 Å². The Labute approximate surface area is 223 Å². The molecule has 6 rings (SSSR count). The molecule has 1 N–H and O–H groups in total. The molecular weight excluding hydrogens is 498 g/mol. The van der Waals surface area contributed by atoms with Crippen molar-refractivity contribution in [3.05, 3.63) is 96.6 Å². The Bertz CT molecular complexity index is 1630. The molecule has 4 aromatic carbocycles. The number of hydrogen-bond donors (Lipinski definition) is 1. The molecule has 0 aliphatic carbocycles. The fraction of sp³-hybridized carbons (Fsp3) is 0.100. The van der Waals surface area contributed by atoms with E-state index in [9.17, 15) is 9.59 Å². The van der Waals surface area contributed by atoms with Crippen molar-refractivity contribution < 1.29 is 19.1 Å². The number of para-hydroxylation sites is 2. The number of amides is 1. The summed E-state index contributed by atoms with van der Waals surface area (Å²) in [6.45, 7) is 1.60. The molecule has 188 valence electrons. The highest BCUT2D eigenvalue weighted by atomic mass is 32.2. The average molecular weight is 522 g/mol. The molecule has 1 aliphatic heterocycles. The SMILES string of the molecule is COc1ccc(-c2nc3ccc(C(=O)OC(C)C(=O)N4c5ccccc5Sc5ccccc54)cc3[nH]2)cc1. The average Bonchev–Trinajstić information content (AvgIpc) is 3.39. The number of fused-ring (bicyclic) bond motifs is 3. The number of imidazole rings is 1. The van der Waals surface area contributed by atoms with Gasteiger partial charge in [-0.25, -0.2) is 9.78 Å². The highest BCUT2D eigenvalue weighted by Crippen LogP contribution is 2.48. The van der Waals surface area contributed by atoms with Crippen molar-refractivity contribution in [2.24, 2.45) is 0 Å². The first-order valence-electron chi connectivity index (χ1n) is 12.1. The Balaban J connectivity index is 1.23. The molecule has 1 aliphatic rings. The van der Waals surface area contributed by atoms with Gasteiger partial charge in [-0.2, -0.15) is 0 Å². The molecule has 1 amide bonds. The number of aromatic amines is 1. The number of anilines is 2. The van der Waals surface area contributed by atoms with Crippen molar-refractivity contribution in [2.45, 2.75) is 22.8 Å². The predicted molar refractivity (Wildman–Crippen MR) is 147 cm³/mol. The smallest absolute Gasteiger partial charge is 0.338 e. The summed E-state index contributed by atoms with van der Waals surface area (Å²) in [5.41, 5.74) is 4.18. The number of carbonyl (C=O) groups excluding carboxylic acids is 2. The Morgan fingerprint density at radius 3 is 2.21 bits per heavy atom. The molecule has 0 radical (unpaired) electrons. The van der Waals surface area contributed by atoms with E-state index in [2.05, 4.69) is 9.97 Å². The van der Waals surface area contributed by atoms with Crippen LogP contribution in [-0.2, 0) is 9.53 Å². The van der Waals surface area contributed by atoms with E-state index in [0.717, 1.165) is 38.0 Å². The van der Waals surface area contributed by atoms with E-state index in [1.165, 1.54) is 0 Å². The number of carbonyl (C=O) groups is 2. The highest BCUT2D eigenvalue weighted by Gasteiger charge is 2.32. The standard InChI is InChI=1S/C30H23N3O4S/c1-18(29(34)33-24-7-3-5-9-26(24)38-27-10-6-4-8-25(27)33)37-30(35)20-13-16-22-23(17-20)32-28(31-22)19-11-14-21(36-2)15-12-19/h3-18H,1-2H3,(H,31,32). The Morgan fingerprint density at radius 2 is 1.55 bits per heavy atom. The number of aromatic nitrogens is 2. The molecule has 0 spiro atoms. The minimum Gasteiger partial charge on any atom is -0.497 e. The lowest BCUT2D eigenvalue weighted by molar-refractivity contribution is -0.125. The Kier molecular flexibility index (Phi) is 6.09. The number of benzene rings is 4. The van der Waals surface area contributed by atoms with Gasteiger partial charge in [-0.05, 0) is 73.7 Å². The molecule has 1 unspecified atom stereocenters. The van der Waals surface area contributed by atoms with Gasteiger partial charge in [0.1, 0.15) is 11.6 Å². The van der Waals surface area contributed by atoms with E-state index in [4.69, 9.17) is 9.47 Å². The van der Waals surface area contributed by atoms with E-state index < -0.39 is 12.1 Å². The third kappa shape index (κ3) is 4.29. The summed E-state index contributed by atoms with van der Waals surface area (Å²) < 4.78 is 10.9. The van der Waals surface area contributed by atoms with E-state index >= 15 is 0 Å². The third-order valence-electron chi connectivity index (χ3n) is 6.37. The lowest BCUT2D eigenvalue weighted by Gasteiger charge is -2.32. The molecule has 0 saturated carbocycles. The van der Waals surface area contributed by atoms with Crippen LogP contribution in [0.5, 0.6) is 5.75 Å². The van der Waals surface area contributed by atoms with E-state index in [1.54, 1.807) is 48.9 Å². The van der Waals surface area contributed by atoms with Gasteiger partial charge in [0, 0.05) is 15.4 Å². The molecule has 7 nitrogen and oxygen atoms in total. The number of esters is 1. The zero-order chi connectivity index (χ0) is 26.2. The predicted octanol–water partition coefficient (Wildman–Crippen LogP) is 6.61. The first-order chi connectivity index (χ1) is 18.5. The maximum Gasteiger partial charge on any atom is 0.338 e. The van der Waals surface area contributed by atoms with Crippen LogP contribution in [0.2, 0.25) is 0 Å². The van der Waals surface area contributed by atoms with E-state index in [1.807, 2.05) is 72.8 Å². The number of rotatable bonds is 5. The zero-order valence-corrected chi connectivity index (χ0v) is 21.5. The van der Waals surface area contributed by atoms with Gasteiger partial charge < -0.3 is 14.5 Å². The monoisotopic (exact) mass is 521 g/mol. The first kappa shape index (κ1) is 23.8. The van der Waals surface area contributed by atoms with Crippen molar-refractivity contribution in [3.63, 3.8) is 0 Å². The molecule has 8 heteroatoms. The number of hydrogen-bond acceptors (Lipinski definition) is 6. The van der Waals surface area contributed by atoms with Crippen LogP contribution in [0, 0.1) is 0 Å².